The van der Waals surface area contributed by atoms with Crippen LogP contribution < -0.4 is 10.2 Å². The van der Waals surface area contributed by atoms with Crippen LogP contribution in [0.5, 0.6) is 0 Å². The number of rotatable bonds is 1. The Morgan fingerprint density at radius 2 is 2.17 bits per heavy atom. The van der Waals surface area contributed by atoms with Crippen molar-refractivity contribution in [3.8, 4) is 0 Å². The number of alkyl halides is 3. The third-order valence-electron chi connectivity index (χ3n) is 2.67. The van der Waals surface area contributed by atoms with Gasteiger partial charge in [0.05, 0.1) is 9.34 Å². The quantitative estimate of drug-likeness (QED) is 0.864. The summed E-state index contributed by atoms with van der Waals surface area (Å²) in [6.07, 6.45) is -4.35. The zero-order valence-electron chi connectivity index (χ0n) is 9.13. The first-order chi connectivity index (χ1) is 8.38. The second kappa shape index (κ2) is 4.97. The first-order valence-corrected chi connectivity index (χ1v) is 6.43. The van der Waals surface area contributed by atoms with Crippen molar-refractivity contribution in [2.45, 2.75) is 18.6 Å². The van der Waals surface area contributed by atoms with E-state index in [1.165, 1.54) is 4.90 Å². The Balaban J connectivity index is 2.30. The predicted molar refractivity (Wildman–Crippen MR) is 64.1 cm³/mol. The molecule has 100 valence electrons. The van der Waals surface area contributed by atoms with E-state index in [2.05, 4.69) is 5.32 Å². The van der Waals surface area contributed by atoms with Crippen LogP contribution in [-0.4, -0.2) is 31.2 Å². The minimum Gasteiger partial charge on any atom is -0.354 e. The lowest BCUT2D eigenvalue weighted by Gasteiger charge is -2.31. The van der Waals surface area contributed by atoms with Crippen molar-refractivity contribution in [1.82, 2.24) is 5.32 Å². The molecule has 1 aromatic heterocycles. The number of halogens is 4. The molecule has 0 radical (unpaired) electrons. The van der Waals surface area contributed by atoms with Gasteiger partial charge >= 0.3 is 6.18 Å². The Morgan fingerprint density at radius 1 is 1.44 bits per heavy atom. The molecule has 1 unspecified atom stereocenters. The SMILES string of the molecule is O=C1CCN(c2ccc(Cl)s2)C(C(F)(F)F)CN1. The van der Waals surface area contributed by atoms with Crippen molar-refractivity contribution < 1.29 is 18.0 Å². The van der Waals surface area contributed by atoms with Crippen molar-refractivity contribution >= 4 is 33.8 Å². The van der Waals surface area contributed by atoms with Crippen LogP contribution in [0.3, 0.4) is 0 Å². The van der Waals surface area contributed by atoms with Crippen molar-refractivity contribution in [2.24, 2.45) is 0 Å². The van der Waals surface area contributed by atoms with Gasteiger partial charge in [0.1, 0.15) is 6.04 Å². The van der Waals surface area contributed by atoms with E-state index in [0.717, 1.165) is 11.3 Å². The maximum atomic E-state index is 13.0. The fourth-order valence-electron chi connectivity index (χ4n) is 1.80. The molecule has 0 aromatic carbocycles. The molecule has 1 fully saturated rings. The molecule has 8 heteroatoms. The van der Waals surface area contributed by atoms with Gasteiger partial charge in [-0.1, -0.05) is 11.6 Å². The van der Waals surface area contributed by atoms with E-state index < -0.39 is 18.8 Å². The molecule has 1 aliphatic rings. The molecule has 2 rings (SSSR count). The van der Waals surface area contributed by atoms with E-state index in [1.54, 1.807) is 12.1 Å². The van der Waals surface area contributed by atoms with Crippen LogP contribution in [0.2, 0.25) is 4.34 Å². The van der Waals surface area contributed by atoms with Crippen molar-refractivity contribution in [3.63, 3.8) is 0 Å². The summed E-state index contributed by atoms with van der Waals surface area (Å²) in [4.78, 5) is 12.4. The zero-order chi connectivity index (χ0) is 13.3. The molecule has 1 aliphatic heterocycles. The fraction of sp³-hybridized carbons (Fsp3) is 0.500. The van der Waals surface area contributed by atoms with Crippen molar-refractivity contribution in [1.29, 1.82) is 0 Å². The molecule has 0 spiro atoms. The van der Waals surface area contributed by atoms with Crippen molar-refractivity contribution in [2.75, 3.05) is 18.0 Å². The molecule has 2 heterocycles. The van der Waals surface area contributed by atoms with Gasteiger partial charge in [-0.25, -0.2) is 0 Å². The molecule has 1 N–H and O–H groups in total. The Bertz CT molecular complexity index is 449. The highest BCUT2D eigenvalue weighted by atomic mass is 35.5. The van der Waals surface area contributed by atoms with Crippen LogP contribution in [0.25, 0.3) is 0 Å². The number of carbonyl (C=O) groups is 1. The van der Waals surface area contributed by atoms with Gasteiger partial charge in [-0.3, -0.25) is 4.79 Å². The Morgan fingerprint density at radius 3 is 2.72 bits per heavy atom. The van der Waals surface area contributed by atoms with E-state index in [0.29, 0.717) is 9.34 Å². The lowest BCUT2D eigenvalue weighted by atomic mass is 10.2. The van der Waals surface area contributed by atoms with Gasteiger partial charge in [0, 0.05) is 19.5 Å². The summed E-state index contributed by atoms with van der Waals surface area (Å²) in [5, 5.41) is 2.71. The van der Waals surface area contributed by atoms with Crippen LogP contribution >= 0.6 is 22.9 Å². The van der Waals surface area contributed by atoms with E-state index in [9.17, 15) is 18.0 Å². The number of thiophene rings is 1. The largest absolute Gasteiger partial charge is 0.410 e. The average Bonchev–Trinajstić information content (AvgIpc) is 2.57. The summed E-state index contributed by atoms with van der Waals surface area (Å²) in [7, 11) is 0. The third-order valence-corrected chi connectivity index (χ3v) is 3.94. The minimum absolute atomic E-state index is 0.0346. The topological polar surface area (TPSA) is 32.3 Å². The lowest BCUT2D eigenvalue weighted by Crippen LogP contribution is -2.49. The lowest BCUT2D eigenvalue weighted by molar-refractivity contribution is -0.147. The Labute approximate surface area is 111 Å². The minimum atomic E-state index is -4.39. The molecular formula is C10H10ClF3N2OS. The number of nitrogens with zero attached hydrogens (tertiary/aromatic N) is 1. The van der Waals surface area contributed by atoms with E-state index in [-0.39, 0.29) is 18.9 Å². The van der Waals surface area contributed by atoms with Crippen molar-refractivity contribution in [3.05, 3.63) is 16.5 Å². The molecule has 1 aromatic rings. The molecule has 18 heavy (non-hydrogen) atoms. The molecule has 1 saturated heterocycles. The fourth-order valence-corrected chi connectivity index (χ4v) is 2.91. The maximum absolute atomic E-state index is 13.0. The number of nitrogens with one attached hydrogen (secondary N) is 1. The summed E-state index contributed by atoms with van der Waals surface area (Å²) in [5.41, 5.74) is 0. The second-order valence-corrected chi connectivity index (χ2v) is 5.58. The molecule has 1 atom stereocenters. The molecule has 0 bridgehead atoms. The van der Waals surface area contributed by atoms with Gasteiger partial charge in [0.25, 0.3) is 0 Å². The summed E-state index contributed by atoms with van der Waals surface area (Å²) in [6.45, 7) is -0.398. The summed E-state index contributed by atoms with van der Waals surface area (Å²) in [6, 6.07) is 1.38. The van der Waals surface area contributed by atoms with Gasteiger partial charge in [-0.15, -0.1) is 11.3 Å². The molecule has 3 nitrogen and oxygen atoms in total. The smallest absolute Gasteiger partial charge is 0.354 e. The molecule has 0 aliphatic carbocycles. The standard InChI is InChI=1S/C10H10ClF3N2OS/c11-7-1-2-9(18-7)16-4-3-8(17)15-5-6(16)10(12,13)14/h1-2,6H,3-5H2,(H,15,17). The number of anilines is 1. The van der Waals surface area contributed by atoms with Gasteiger partial charge in [-0.05, 0) is 12.1 Å². The van der Waals surface area contributed by atoms with Crippen LogP contribution in [0.4, 0.5) is 18.2 Å². The van der Waals surface area contributed by atoms with E-state index in [1.807, 2.05) is 0 Å². The summed E-state index contributed by atoms with van der Waals surface area (Å²) < 4.78 is 39.3. The van der Waals surface area contributed by atoms with Gasteiger partial charge in [0.2, 0.25) is 5.91 Å². The Kier molecular flexibility index (Phi) is 3.72. The van der Waals surface area contributed by atoms with Gasteiger partial charge in [0.15, 0.2) is 0 Å². The number of hydrogen-bond acceptors (Lipinski definition) is 3. The van der Waals surface area contributed by atoms with E-state index >= 15 is 0 Å². The highest BCUT2D eigenvalue weighted by molar-refractivity contribution is 7.19. The van der Waals surface area contributed by atoms with Crippen LogP contribution in [0.1, 0.15) is 6.42 Å². The van der Waals surface area contributed by atoms with Gasteiger partial charge < -0.3 is 10.2 Å². The highest BCUT2D eigenvalue weighted by Gasteiger charge is 2.45. The molecular weight excluding hydrogens is 289 g/mol. The van der Waals surface area contributed by atoms with Crippen LogP contribution in [0.15, 0.2) is 12.1 Å². The predicted octanol–water partition coefficient (Wildman–Crippen LogP) is 2.66. The van der Waals surface area contributed by atoms with E-state index in [4.69, 9.17) is 11.6 Å². The first-order valence-electron chi connectivity index (χ1n) is 5.23. The maximum Gasteiger partial charge on any atom is 0.410 e. The number of amides is 1. The van der Waals surface area contributed by atoms with Gasteiger partial charge in [-0.2, -0.15) is 13.2 Å². The monoisotopic (exact) mass is 298 g/mol. The first kappa shape index (κ1) is 13.5. The molecule has 0 saturated carbocycles. The normalized spacial score (nSPS) is 21.7. The summed E-state index contributed by atoms with van der Waals surface area (Å²) >= 11 is 6.82. The number of hydrogen-bond donors (Lipinski definition) is 1. The highest BCUT2D eigenvalue weighted by Crippen LogP contribution is 2.35. The molecule has 1 amide bonds. The third kappa shape index (κ3) is 2.89. The average molecular weight is 299 g/mol. The van der Waals surface area contributed by atoms with Crippen LogP contribution in [-0.2, 0) is 4.79 Å². The van der Waals surface area contributed by atoms with Crippen LogP contribution in [0, 0.1) is 0 Å². The number of carbonyl (C=O) groups excluding carboxylic acids is 1. The second-order valence-electron chi connectivity index (χ2n) is 3.88. The summed E-state index contributed by atoms with van der Waals surface area (Å²) in [5.74, 6) is -0.366. The Hall–Kier alpha value is -0.950. The zero-order valence-corrected chi connectivity index (χ0v) is 10.7.